The number of pyridine rings is 1. The Kier molecular flexibility index (Phi) is 7.62. The molecule has 4 rings (SSSR count). The van der Waals surface area contributed by atoms with Gasteiger partial charge in [0.25, 0.3) is 0 Å². The minimum Gasteiger partial charge on any atom is -0.353 e. The molecule has 9 heteroatoms. The molecule has 2 saturated carbocycles. The smallest absolute Gasteiger partial charge is 0.353 e. The highest BCUT2D eigenvalue weighted by Gasteiger charge is 2.50. The zero-order valence-corrected chi connectivity index (χ0v) is 20.7. The van der Waals surface area contributed by atoms with Crippen molar-refractivity contribution in [2.45, 2.75) is 77.4 Å². The topological polar surface area (TPSA) is 65.5 Å². The van der Waals surface area contributed by atoms with E-state index in [2.05, 4.69) is 24.1 Å². The fraction of sp³-hybridized carbons (Fsp3) is 0.731. The third-order valence-corrected chi connectivity index (χ3v) is 8.37. The van der Waals surface area contributed by atoms with Crippen molar-refractivity contribution >= 4 is 17.6 Å². The van der Waals surface area contributed by atoms with Gasteiger partial charge in [-0.05, 0) is 50.2 Å². The SMILES string of the molecule is CC(C)[C@]1(C(=O)N2CCN(c3cc(C(F)(F)F)ccn3)CC2)CC[C@@H](NC(=O)C2CCCCC2)C1. The molecule has 1 N–H and O–H groups in total. The van der Waals surface area contributed by atoms with Gasteiger partial charge in [0.05, 0.1) is 11.0 Å². The zero-order chi connectivity index (χ0) is 25.2. The highest BCUT2D eigenvalue weighted by molar-refractivity contribution is 5.84. The van der Waals surface area contributed by atoms with Crippen molar-refractivity contribution in [2.24, 2.45) is 17.3 Å². The Morgan fingerprint density at radius 1 is 1.09 bits per heavy atom. The van der Waals surface area contributed by atoms with Crippen LogP contribution in [0.2, 0.25) is 0 Å². The van der Waals surface area contributed by atoms with Gasteiger partial charge in [0.1, 0.15) is 5.82 Å². The summed E-state index contributed by atoms with van der Waals surface area (Å²) in [5.41, 5.74) is -1.23. The first-order valence-corrected chi connectivity index (χ1v) is 13.0. The van der Waals surface area contributed by atoms with E-state index in [4.69, 9.17) is 0 Å². The largest absolute Gasteiger partial charge is 0.416 e. The van der Waals surface area contributed by atoms with Gasteiger partial charge < -0.3 is 15.1 Å². The van der Waals surface area contributed by atoms with Crippen molar-refractivity contribution < 1.29 is 22.8 Å². The Labute approximate surface area is 205 Å². The third kappa shape index (κ3) is 5.59. The van der Waals surface area contributed by atoms with E-state index in [0.717, 1.165) is 50.7 Å². The number of hydrogen-bond acceptors (Lipinski definition) is 4. The third-order valence-electron chi connectivity index (χ3n) is 8.37. The van der Waals surface area contributed by atoms with E-state index in [1.165, 1.54) is 12.6 Å². The molecule has 0 radical (unpaired) electrons. The molecule has 2 atom stereocenters. The standard InChI is InChI=1S/C26H37F3N4O2/c1-18(2)25(10-8-21(17-25)31-23(34)19-6-4-3-5-7-19)24(35)33-14-12-32(13-15-33)22-16-20(9-11-30-22)26(27,28)29/h9,11,16,18-19,21H,3-8,10,12-15,17H2,1-2H3,(H,31,34)/t21-,25+/m1/s1. The number of piperazine rings is 1. The molecule has 1 saturated heterocycles. The first-order chi connectivity index (χ1) is 16.6. The second kappa shape index (κ2) is 10.3. The molecule has 2 heterocycles. The van der Waals surface area contributed by atoms with E-state index in [1.807, 2.05) is 9.80 Å². The van der Waals surface area contributed by atoms with Gasteiger partial charge in [0, 0.05) is 44.3 Å². The number of anilines is 1. The van der Waals surface area contributed by atoms with Crippen LogP contribution >= 0.6 is 0 Å². The lowest BCUT2D eigenvalue weighted by molar-refractivity contribution is -0.145. The van der Waals surface area contributed by atoms with Crippen LogP contribution in [0, 0.1) is 17.3 Å². The number of nitrogens with zero attached hydrogens (tertiary/aromatic N) is 3. The van der Waals surface area contributed by atoms with Gasteiger partial charge in [-0.25, -0.2) is 4.98 Å². The maximum atomic E-state index is 13.8. The monoisotopic (exact) mass is 494 g/mol. The molecule has 1 aromatic rings. The summed E-state index contributed by atoms with van der Waals surface area (Å²) in [5, 5.41) is 3.24. The van der Waals surface area contributed by atoms with Crippen LogP contribution < -0.4 is 10.2 Å². The molecule has 2 aliphatic carbocycles. The van der Waals surface area contributed by atoms with Crippen molar-refractivity contribution in [3.8, 4) is 0 Å². The van der Waals surface area contributed by atoms with Crippen LogP contribution in [-0.4, -0.2) is 53.9 Å². The molecule has 0 bridgehead atoms. The number of nitrogens with one attached hydrogen (secondary N) is 1. The molecule has 3 aliphatic rings. The summed E-state index contributed by atoms with van der Waals surface area (Å²) in [6, 6.07) is 2.06. The van der Waals surface area contributed by atoms with Crippen LogP contribution in [0.15, 0.2) is 18.3 Å². The summed E-state index contributed by atoms with van der Waals surface area (Å²) < 4.78 is 39.3. The summed E-state index contributed by atoms with van der Waals surface area (Å²) in [4.78, 5) is 34.3. The number of carbonyl (C=O) groups excluding carboxylic acids is 2. The molecule has 35 heavy (non-hydrogen) atoms. The van der Waals surface area contributed by atoms with E-state index in [-0.39, 0.29) is 35.5 Å². The number of halogens is 3. The van der Waals surface area contributed by atoms with Crippen molar-refractivity contribution in [1.29, 1.82) is 0 Å². The van der Waals surface area contributed by atoms with Crippen LogP contribution in [0.5, 0.6) is 0 Å². The summed E-state index contributed by atoms with van der Waals surface area (Å²) in [7, 11) is 0. The number of aromatic nitrogens is 1. The van der Waals surface area contributed by atoms with Gasteiger partial charge in [-0.3, -0.25) is 9.59 Å². The first kappa shape index (κ1) is 25.8. The average Bonchev–Trinajstić information content (AvgIpc) is 3.29. The predicted molar refractivity (Wildman–Crippen MR) is 128 cm³/mol. The fourth-order valence-corrected chi connectivity index (χ4v) is 6.07. The Hall–Kier alpha value is -2.32. The van der Waals surface area contributed by atoms with Crippen LogP contribution in [0.4, 0.5) is 19.0 Å². The second-order valence-corrected chi connectivity index (χ2v) is 10.8. The minimum absolute atomic E-state index is 0.0198. The summed E-state index contributed by atoms with van der Waals surface area (Å²) in [5.74, 6) is 0.778. The van der Waals surface area contributed by atoms with Gasteiger partial charge in [-0.1, -0.05) is 33.1 Å². The van der Waals surface area contributed by atoms with Crippen molar-refractivity contribution in [1.82, 2.24) is 15.2 Å². The molecule has 2 amide bonds. The first-order valence-electron chi connectivity index (χ1n) is 13.0. The highest BCUT2D eigenvalue weighted by Crippen LogP contribution is 2.46. The van der Waals surface area contributed by atoms with Crippen LogP contribution in [0.3, 0.4) is 0 Å². The number of alkyl halides is 3. The Morgan fingerprint density at radius 3 is 2.40 bits per heavy atom. The molecular weight excluding hydrogens is 457 g/mol. The van der Waals surface area contributed by atoms with Crippen LogP contribution in [0.25, 0.3) is 0 Å². The highest BCUT2D eigenvalue weighted by atomic mass is 19.4. The molecule has 0 aromatic carbocycles. The molecular formula is C26H37F3N4O2. The molecule has 1 aliphatic heterocycles. The van der Waals surface area contributed by atoms with E-state index >= 15 is 0 Å². The summed E-state index contributed by atoms with van der Waals surface area (Å²) >= 11 is 0. The zero-order valence-electron chi connectivity index (χ0n) is 20.7. The van der Waals surface area contributed by atoms with E-state index < -0.39 is 17.2 Å². The Balaban J connectivity index is 1.37. The number of carbonyl (C=O) groups is 2. The van der Waals surface area contributed by atoms with Crippen LogP contribution in [0.1, 0.15) is 70.8 Å². The van der Waals surface area contributed by atoms with Gasteiger partial charge in [-0.2, -0.15) is 13.2 Å². The second-order valence-electron chi connectivity index (χ2n) is 10.8. The van der Waals surface area contributed by atoms with Crippen LogP contribution in [-0.2, 0) is 15.8 Å². The Morgan fingerprint density at radius 2 is 1.77 bits per heavy atom. The predicted octanol–water partition coefficient (Wildman–Crippen LogP) is 4.64. The van der Waals surface area contributed by atoms with Crippen molar-refractivity contribution in [3.63, 3.8) is 0 Å². The average molecular weight is 495 g/mol. The minimum atomic E-state index is -4.41. The van der Waals surface area contributed by atoms with Gasteiger partial charge >= 0.3 is 6.18 Å². The molecule has 1 aromatic heterocycles. The fourth-order valence-electron chi connectivity index (χ4n) is 6.07. The van der Waals surface area contributed by atoms with E-state index in [0.29, 0.717) is 32.6 Å². The maximum Gasteiger partial charge on any atom is 0.416 e. The molecule has 0 unspecified atom stereocenters. The molecule has 0 spiro atoms. The number of rotatable bonds is 5. The lowest BCUT2D eigenvalue weighted by atomic mass is 9.74. The van der Waals surface area contributed by atoms with Gasteiger partial charge in [-0.15, -0.1) is 0 Å². The number of hydrogen-bond donors (Lipinski definition) is 1. The van der Waals surface area contributed by atoms with E-state index in [1.54, 1.807) is 0 Å². The summed E-state index contributed by atoms with van der Waals surface area (Å²) in [6.45, 7) is 5.93. The molecule has 6 nitrogen and oxygen atoms in total. The van der Waals surface area contributed by atoms with Crippen molar-refractivity contribution in [3.05, 3.63) is 23.9 Å². The lowest BCUT2D eigenvalue weighted by Crippen LogP contribution is -2.54. The lowest BCUT2D eigenvalue weighted by Gasteiger charge is -2.42. The maximum absolute atomic E-state index is 13.8. The van der Waals surface area contributed by atoms with E-state index in [9.17, 15) is 22.8 Å². The van der Waals surface area contributed by atoms with Crippen molar-refractivity contribution in [2.75, 3.05) is 31.1 Å². The normalized spacial score (nSPS) is 26.3. The summed E-state index contributed by atoms with van der Waals surface area (Å²) in [6.07, 6.45) is 4.31. The van der Waals surface area contributed by atoms with Gasteiger partial charge in [0.15, 0.2) is 0 Å². The van der Waals surface area contributed by atoms with Gasteiger partial charge in [0.2, 0.25) is 11.8 Å². The Bertz CT molecular complexity index is 908. The quantitative estimate of drug-likeness (QED) is 0.648. The molecule has 3 fully saturated rings. The molecule has 194 valence electrons. The number of amides is 2.